The van der Waals surface area contributed by atoms with E-state index in [0.29, 0.717) is 24.1 Å². The fourth-order valence-electron chi connectivity index (χ4n) is 1.94. The van der Waals surface area contributed by atoms with Gasteiger partial charge in [-0.15, -0.1) is 0 Å². The number of hydrogen-bond donors (Lipinski definition) is 1. The fourth-order valence-corrected chi connectivity index (χ4v) is 2.30. The van der Waals surface area contributed by atoms with E-state index in [4.69, 9.17) is 5.26 Å². The summed E-state index contributed by atoms with van der Waals surface area (Å²) >= 11 is 3.34. The zero-order chi connectivity index (χ0) is 15.2. The van der Waals surface area contributed by atoms with Crippen LogP contribution in [0.25, 0.3) is 0 Å². The molecule has 3 nitrogen and oxygen atoms in total. The lowest BCUT2D eigenvalue weighted by molar-refractivity contribution is -0.116. The molecule has 0 unspecified atom stereocenters. The first-order valence-electron chi connectivity index (χ1n) is 6.63. The third kappa shape index (κ3) is 4.44. The highest BCUT2D eigenvalue weighted by Crippen LogP contribution is 2.21. The Balaban J connectivity index is 1.97. The van der Waals surface area contributed by atoms with Crippen molar-refractivity contribution < 1.29 is 4.79 Å². The zero-order valence-electron chi connectivity index (χ0n) is 11.7. The number of nitriles is 1. The maximum absolute atomic E-state index is 12.0. The van der Waals surface area contributed by atoms with Crippen molar-refractivity contribution in [2.24, 2.45) is 0 Å². The van der Waals surface area contributed by atoms with E-state index in [-0.39, 0.29) is 5.91 Å². The van der Waals surface area contributed by atoms with Crippen molar-refractivity contribution in [2.75, 3.05) is 5.32 Å². The quantitative estimate of drug-likeness (QED) is 0.905. The van der Waals surface area contributed by atoms with Crippen LogP contribution in [0.1, 0.15) is 23.1 Å². The van der Waals surface area contributed by atoms with Gasteiger partial charge in [-0.25, -0.2) is 0 Å². The molecule has 2 aromatic rings. The van der Waals surface area contributed by atoms with E-state index in [9.17, 15) is 4.79 Å². The maximum Gasteiger partial charge on any atom is 0.224 e. The number of anilines is 1. The Morgan fingerprint density at radius 2 is 1.95 bits per heavy atom. The van der Waals surface area contributed by atoms with Crippen molar-refractivity contribution in [1.29, 1.82) is 5.26 Å². The third-order valence-electron chi connectivity index (χ3n) is 3.14. The molecular weight excluding hydrogens is 328 g/mol. The predicted molar refractivity (Wildman–Crippen MR) is 87.0 cm³/mol. The lowest BCUT2D eigenvalue weighted by atomic mass is 10.1. The number of benzene rings is 2. The largest absolute Gasteiger partial charge is 0.325 e. The van der Waals surface area contributed by atoms with Crippen LogP contribution in [-0.2, 0) is 11.2 Å². The minimum absolute atomic E-state index is 0.0924. The molecule has 0 fully saturated rings. The van der Waals surface area contributed by atoms with Gasteiger partial charge in [0.25, 0.3) is 0 Å². The van der Waals surface area contributed by atoms with Gasteiger partial charge in [0.2, 0.25) is 5.91 Å². The van der Waals surface area contributed by atoms with Crippen LogP contribution in [0.15, 0.2) is 46.9 Å². The number of rotatable bonds is 4. The van der Waals surface area contributed by atoms with Crippen LogP contribution in [0.3, 0.4) is 0 Å². The summed E-state index contributed by atoms with van der Waals surface area (Å²) in [6, 6.07) is 15.4. The summed E-state index contributed by atoms with van der Waals surface area (Å²) in [5, 5.41) is 11.8. The Morgan fingerprint density at radius 1 is 1.24 bits per heavy atom. The van der Waals surface area contributed by atoms with Gasteiger partial charge in [-0.05, 0) is 37.1 Å². The van der Waals surface area contributed by atoms with Gasteiger partial charge in [-0.1, -0.05) is 45.8 Å². The molecule has 0 aromatic heterocycles. The monoisotopic (exact) mass is 342 g/mol. The number of hydrogen-bond acceptors (Lipinski definition) is 2. The zero-order valence-corrected chi connectivity index (χ0v) is 13.3. The van der Waals surface area contributed by atoms with E-state index in [1.807, 2.05) is 31.2 Å². The van der Waals surface area contributed by atoms with Crippen LogP contribution in [0.5, 0.6) is 0 Å². The molecule has 1 amide bonds. The molecule has 106 valence electrons. The highest BCUT2D eigenvalue weighted by atomic mass is 79.9. The van der Waals surface area contributed by atoms with Gasteiger partial charge >= 0.3 is 0 Å². The molecule has 0 saturated heterocycles. The number of carbonyl (C=O) groups excluding carboxylic acids is 1. The Labute approximate surface area is 132 Å². The van der Waals surface area contributed by atoms with Gasteiger partial charge in [0, 0.05) is 10.9 Å². The average Bonchev–Trinajstić information content (AvgIpc) is 2.47. The number of halogens is 1. The molecule has 2 rings (SSSR count). The Bertz CT molecular complexity index is 687. The molecular formula is C17H15BrN2O. The molecule has 2 aromatic carbocycles. The van der Waals surface area contributed by atoms with Gasteiger partial charge in [-0.3, -0.25) is 4.79 Å². The van der Waals surface area contributed by atoms with Crippen molar-refractivity contribution in [3.63, 3.8) is 0 Å². The Kier molecular flexibility index (Phi) is 5.13. The maximum atomic E-state index is 12.0. The Morgan fingerprint density at radius 3 is 2.62 bits per heavy atom. The van der Waals surface area contributed by atoms with Gasteiger partial charge in [-0.2, -0.15) is 5.26 Å². The van der Waals surface area contributed by atoms with Gasteiger partial charge in [0.05, 0.1) is 11.3 Å². The summed E-state index contributed by atoms with van der Waals surface area (Å²) in [7, 11) is 0. The van der Waals surface area contributed by atoms with E-state index >= 15 is 0 Å². The lowest BCUT2D eigenvalue weighted by Gasteiger charge is -2.08. The first kappa shape index (κ1) is 15.3. The Hall–Kier alpha value is -2.12. The minimum atomic E-state index is -0.0924. The van der Waals surface area contributed by atoms with Crippen LogP contribution in [0.2, 0.25) is 0 Å². The van der Waals surface area contributed by atoms with Crippen LogP contribution in [0, 0.1) is 18.3 Å². The van der Waals surface area contributed by atoms with E-state index in [0.717, 1.165) is 10.0 Å². The number of carbonyl (C=O) groups is 1. The van der Waals surface area contributed by atoms with Crippen molar-refractivity contribution in [3.05, 3.63) is 63.6 Å². The lowest BCUT2D eigenvalue weighted by Crippen LogP contribution is -2.13. The summed E-state index contributed by atoms with van der Waals surface area (Å²) in [6.45, 7) is 2.03. The van der Waals surface area contributed by atoms with E-state index in [2.05, 4.69) is 27.3 Å². The number of nitrogens with one attached hydrogen (secondary N) is 1. The SMILES string of the molecule is Cc1ccc(CCC(=O)Nc2cc(Br)ccc2C#N)cc1. The first-order valence-corrected chi connectivity index (χ1v) is 7.43. The van der Waals surface area contributed by atoms with E-state index < -0.39 is 0 Å². The molecule has 0 heterocycles. The molecule has 0 aliphatic carbocycles. The molecule has 4 heteroatoms. The molecule has 0 radical (unpaired) electrons. The first-order chi connectivity index (χ1) is 10.1. The van der Waals surface area contributed by atoms with Crippen LogP contribution < -0.4 is 5.32 Å². The molecule has 0 saturated carbocycles. The summed E-state index contributed by atoms with van der Waals surface area (Å²) in [4.78, 5) is 12.0. The topological polar surface area (TPSA) is 52.9 Å². The number of nitrogens with zero attached hydrogens (tertiary/aromatic N) is 1. The van der Waals surface area contributed by atoms with Crippen molar-refractivity contribution in [2.45, 2.75) is 19.8 Å². The second kappa shape index (κ2) is 7.05. The summed E-state index contributed by atoms with van der Waals surface area (Å²) in [6.07, 6.45) is 1.07. The van der Waals surface area contributed by atoms with Gasteiger partial charge in [0.1, 0.15) is 6.07 Å². The molecule has 1 N–H and O–H groups in total. The average molecular weight is 343 g/mol. The molecule has 21 heavy (non-hydrogen) atoms. The van der Waals surface area contributed by atoms with Crippen molar-refractivity contribution in [1.82, 2.24) is 0 Å². The van der Waals surface area contributed by atoms with Gasteiger partial charge in [0.15, 0.2) is 0 Å². The fraction of sp³-hybridized carbons (Fsp3) is 0.176. The molecule has 0 aliphatic heterocycles. The normalized spacial score (nSPS) is 9.95. The third-order valence-corrected chi connectivity index (χ3v) is 3.63. The number of aryl methyl sites for hydroxylation is 2. The van der Waals surface area contributed by atoms with Crippen LogP contribution in [0.4, 0.5) is 5.69 Å². The predicted octanol–water partition coefficient (Wildman–Crippen LogP) is 4.20. The molecule has 0 spiro atoms. The second-order valence-corrected chi connectivity index (χ2v) is 5.75. The van der Waals surface area contributed by atoms with Crippen molar-refractivity contribution >= 4 is 27.5 Å². The van der Waals surface area contributed by atoms with Crippen LogP contribution in [-0.4, -0.2) is 5.91 Å². The standard InChI is InChI=1S/C17H15BrN2O/c1-12-2-4-13(5-3-12)6-9-17(21)20-16-10-15(18)8-7-14(16)11-19/h2-5,7-8,10H,6,9H2,1H3,(H,20,21). The second-order valence-electron chi connectivity index (χ2n) is 4.84. The van der Waals surface area contributed by atoms with Crippen LogP contribution >= 0.6 is 15.9 Å². The minimum Gasteiger partial charge on any atom is -0.325 e. The molecule has 0 aliphatic rings. The summed E-state index contributed by atoms with van der Waals surface area (Å²) in [5.74, 6) is -0.0924. The molecule has 0 bridgehead atoms. The highest BCUT2D eigenvalue weighted by Gasteiger charge is 2.07. The number of amides is 1. The van der Waals surface area contributed by atoms with E-state index in [1.165, 1.54) is 5.56 Å². The van der Waals surface area contributed by atoms with E-state index in [1.54, 1.807) is 18.2 Å². The highest BCUT2D eigenvalue weighted by molar-refractivity contribution is 9.10. The smallest absolute Gasteiger partial charge is 0.224 e. The molecule has 0 atom stereocenters. The summed E-state index contributed by atoms with van der Waals surface area (Å²) < 4.78 is 0.829. The van der Waals surface area contributed by atoms with Crippen molar-refractivity contribution in [3.8, 4) is 6.07 Å². The van der Waals surface area contributed by atoms with Gasteiger partial charge < -0.3 is 5.32 Å². The summed E-state index contributed by atoms with van der Waals surface area (Å²) in [5.41, 5.74) is 3.34.